The van der Waals surface area contributed by atoms with Crippen LogP contribution in [0.5, 0.6) is 0 Å². The predicted molar refractivity (Wildman–Crippen MR) is 104 cm³/mol. The first-order valence-electron chi connectivity index (χ1n) is 10.0. The topological polar surface area (TPSA) is 152 Å². The molecule has 2 aromatic rings. The summed E-state index contributed by atoms with van der Waals surface area (Å²) >= 11 is 0. The molecule has 158 valence electrons. The Hall–Kier alpha value is -2.34. The Morgan fingerprint density at radius 2 is 2.00 bits per heavy atom. The Labute approximate surface area is 167 Å². The van der Waals surface area contributed by atoms with Gasteiger partial charge in [-0.1, -0.05) is 0 Å². The first kappa shape index (κ1) is 20.0. The molecule has 2 aromatic heterocycles. The number of imidazole rings is 1. The van der Waals surface area contributed by atoms with E-state index in [1.807, 2.05) is 0 Å². The molecule has 0 radical (unpaired) electrons. The monoisotopic (exact) mass is 405 g/mol. The quantitative estimate of drug-likeness (QED) is 0.426. The lowest BCUT2D eigenvalue weighted by atomic mass is 10.1. The van der Waals surface area contributed by atoms with Gasteiger partial charge in [-0.05, 0) is 45.3 Å². The molecule has 2 aliphatic heterocycles. The third kappa shape index (κ3) is 4.04. The smallest absolute Gasteiger partial charge is 0.252 e. The summed E-state index contributed by atoms with van der Waals surface area (Å²) in [5.41, 5.74) is 6.50. The minimum Gasteiger partial charge on any atom is -0.387 e. The van der Waals surface area contributed by atoms with Crippen molar-refractivity contribution in [1.29, 1.82) is 0 Å². The highest BCUT2D eigenvalue weighted by Gasteiger charge is 2.47. The number of ether oxygens (including phenoxy) is 1. The average molecular weight is 405 g/mol. The molecule has 0 aromatic carbocycles. The molecule has 2 aliphatic rings. The maximum Gasteiger partial charge on any atom is 0.252 e. The van der Waals surface area contributed by atoms with E-state index in [1.165, 1.54) is 30.1 Å². The Balaban J connectivity index is 1.33. The van der Waals surface area contributed by atoms with Crippen molar-refractivity contribution in [2.75, 3.05) is 31.9 Å². The van der Waals surface area contributed by atoms with Crippen LogP contribution in [0.1, 0.15) is 31.9 Å². The number of carbonyl (C=O) groups is 1. The zero-order valence-corrected chi connectivity index (χ0v) is 16.1. The summed E-state index contributed by atoms with van der Waals surface area (Å²) in [7, 11) is 0. The van der Waals surface area contributed by atoms with Gasteiger partial charge < -0.3 is 30.9 Å². The minimum atomic E-state index is -1.36. The van der Waals surface area contributed by atoms with Crippen LogP contribution in [0.4, 0.5) is 5.82 Å². The molecule has 2 saturated heterocycles. The van der Waals surface area contributed by atoms with Crippen LogP contribution in [0.3, 0.4) is 0 Å². The molecule has 29 heavy (non-hydrogen) atoms. The zero-order valence-electron chi connectivity index (χ0n) is 16.1. The van der Waals surface area contributed by atoms with Crippen molar-refractivity contribution in [2.24, 2.45) is 0 Å². The number of aliphatic hydroxyl groups is 2. The number of aromatic nitrogens is 4. The number of hydrogen-bond donors (Lipinski definition) is 4. The molecule has 5 N–H and O–H groups in total. The summed E-state index contributed by atoms with van der Waals surface area (Å²) in [4.78, 5) is 27.0. The lowest BCUT2D eigenvalue weighted by Crippen LogP contribution is -2.43. The van der Waals surface area contributed by atoms with Gasteiger partial charge in [0.05, 0.1) is 6.33 Å². The molecular weight excluding hydrogens is 378 g/mol. The average Bonchev–Trinajstić information content (AvgIpc) is 3.43. The number of anilines is 1. The van der Waals surface area contributed by atoms with Crippen LogP contribution in [0.15, 0.2) is 12.7 Å². The Morgan fingerprint density at radius 3 is 2.79 bits per heavy atom. The first-order chi connectivity index (χ1) is 14.1. The number of nitrogen functional groups attached to an aromatic ring is 1. The summed E-state index contributed by atoms with van der Waals surface area (Å²) in [6.45, 7) is 3.86. The highest BCUT2D eigenvalue weighted by Crippen LogP contribution is 2.32. The molecule has 0 aliphatic carbocycles. The largest absolute Gasteiger partial charge is 0.387 e. The second-order valence-electron chi connectivity index (χ2n) is 7.56. The Morgan fingerprint density at radius 1 is 1.21 bits per heavy atom. The molecule has 0 saturated carbocycles. The number of hydrogen-bond acceptors (Lipinski definition) is 9. The molecule has 0 unspecified atom stereocenters. The van der Waals surface area contributed by atoms with Crippen molar-refractivity contribution in [2.45, 2.75) is 50.2 Å². The lowest BCUT2D eigenvalue weighted by Gasteiger charge is -2.16. The van der Waals surface area contributed by atoms with Crippen molar-refractivity contribution >= 4 is 22.9 Å². The van der Waals surface area contributed by atoms with Crippen molar-refractivity contribution in [3.8, 4) is 0 Å². The van der Waals surface area contributed by atoms with Crippen LogP contribution in [-0.2, 0) is 9.53 Å². The number of nitrogens with one attached hydrogen (secondary N) is 1. The van der Waals surface area contributed by atoms with E-state index < -0.39 is 30.4 Å². The van der Waals surface area contributed by atoms with E-state index in [9.17, 15) is 15.0 Å². The summed E-state index contributed by atoms with van der Waals surface area (Å²) in [6.07, 6.45) is 2.20. The van der Waals surface area contributed by atoms with Gasteiger partial charge in [0, 0.05) is 6.54 Å². The number of rotatable bonds is 7. The molecule has 2 fully saturated rings. The van der Waals surface area contributed by atoms with E-state index in [1.54, 1.807) is 0 Å². The highest BCUT2D eigenvalue weighted by atomic mass is 16.6. The minimum absolute atomic E-state index is 0.199. The fourth-order valence-corrected chi connectivity index (χ4v) is 3.94. The van der Waals surface area contributed by atoms with E-state index in [-0.39, 0.29) is 5.82 Å². The molecule has 0 spiro atoms. The SMILES string of the molecule is Nc1ncnc2c1ncn2[C@@H]1O[C@H](C(=O)NCCCCN2CCCC2)[C@@H](O)[C@H]1O. The number of carbonyl (C=O) groups excluding carboxylic acids is 1. The maximum atomic E-state index is 12.5. The molecule has 4 heterocycles. The van der Waals surface area contributed by atoms with Crippen LogP contribution in [0.25, 0.3) is 11.2 Å². The molecular formula is C18H27N7O4. The summed E-state index contributed by atoms with van der Waals surface area (Å²) in [5, 5.41) is 23.5. The van der Waals surface area contributed by atoms with Gasteiger partial charge in [0.1, 0.15) is 24.1 Å². The number of nitrogens with zero attached hydrogens (tertiary/aromatic N) is 5. The van der Waals surface area contributed by atoms with Gasteiger partial charge >= 0.3 is 0 Å². The van der Waals surface area contributed by atoms with Crippen LogP contribution < -0.4 is 11.1 Å². The zero-order chi connectivity index (χ0) is 20.4. The van der Waals surface area contributed by atoms with Crippen molar-refractivity contribution in [3.05, 3.63) is 12.7 Å². The number of aliphatic hydroxyl groups excluding tert-OH is 2. The Bertz CT molecular complexity index is 854. The summed E-state index contributed by atoms with van der Waals surface area (Å²) < 4.78 is 7.13. The van der Waals surface area contributed by atoms with Gasteiger partial charge in [-0.25, -0.2) is 15.0 Å². The molecule has 11 heteroatoms. The van der Waals surface area contributed by atoms with Gasteiger partial charge in [-0.15, -0.1) is 0 Å². The highest BCUT2D eigenvalue weighted by molar-refractivity contribution is 5.82. The normalized spacial score (nSPS) is 27.7. The first-order valence-corrected chi connectivity index (χ1v) is 10.0. The van der Waals surface area contributed by atoms with Crippen molar-refractivity contribution in [1.82, 2.24) is 29.7 Å². The van der Waals surface area contributed by atoms with E-state index in [2.05, 4.69) is 25.2 Å². The van der Waals surface area contributed by atoms with Crippen LogP contribution >= 0.6 is 0 Å². The van der Waals surface area contributed by atoms with Gasteiger partial charge in [-0.2, -0.15) is 0 Å². The number of unbranched alkanes of at least 4 members (excludes halogenated alkanes) is 1. The van der Waals surface area contributed by atoms with Gasteiger partial charge in [0.25, 0.3) is 5.91 Å². The third-order valence-electron chi connectivity index (χ3n) is 5.56. The molecule has 11 nitrogen and oxygen atoms in total. The van der Waals surface area contributed by atoms with E-state index >= 15 is 0 Å². The second kappa shape index (κ2) is 8.57. The van der Waals surface area contributed by atoms with E-state index in [0.29, 0.717) is 17.7 Å². The van der Waals surface area contributed by atoms with Crippen molar-refractivity contribution in [3.63, 3.8) is 0 Å². The van der Waals surface area contributed by atoms with E-state index in [4.69, 9.17) is 10.5 Å². The lowest BCUT2D eigenvalue weighted by molar-refractivity contribution is -0.137. The molecule has 4 rings (SSSR count). The van der Waals surface area contributed by atoms with Gasteiger partial charge in [0.15, 0.2) is 23.8 Å². The number of amides is 1. The fourth-order valence-electron chi connectivity index (χ4n) is 3.94. The second-order valence-corrected chi connectivity index (χ2v) is 7.56. The van der Waals surface area contributed by atoms with Crippen molar-refractivity contribution < 1.29 is 19.7 Å². The standard InChI is InChI=1S/C18H27N7O4/c19-15-11-16(22-9-21-15)25(10-23-11)18-13(27)12(26)14(29-18)17(28)20-5-1-2-6-24-7-3-4-8-24/h9-10,12-14,18,26-27H,1-8H2,(H,20,28)(H2,19,21,22)/t12-,13+,14-,18+/m0/s1. The Kier molecular flexibility index (Phi) is 5.90. The van der Waals surface area contributed by atoms with Crippen LogP contribution in [0.2, 0.25) is 0 Å². The molecule has 0 bridgehead atoms. The van der Waals surface area contributed by atoms with E-state index in [0.717, 1.165) is 32.5 Å². The van der Waals surface area contributed by atoms with Gasteiger partial charge in [-0.3, -0.25) is 9.36 Å². The predicted octanol–water partition coefficient (Wildman–Crippen LogP) is -0.980. The molecule has 4 atom stereocenters. The third-order valence-corrected chi connectivity index (χ3v) is 5.56. The fraction of sp³-hybridized carbons (Fsp3) is 0.667. The number of likely N-dealkylation sites (tertiary alicyclic amines) is 1. The maximum absolute atomic E-state index is 12.5. The number of nitrogens with two attached hydrogens (primary N) is 1. The van der Waals surface area contributed by atoms with Crippen LogP contribution in [-0.4, -0.2) is 85.0 Å². The van der Waals surface area contributed by atoms with Crippen LogP contribution in [0, 0.1) is 0 Å². The van der Waals surface area contributed by atoms with Gasteiger partial charge in [0.2, 0.25) is 0 Å². The number of fused-ring (bicyclic) bond motifs is 1. The summed E-state index contributed by atoms with van der Waals surface area (Å²) in [5.74, 6) is -0.246. The summed E-state index contributed by atoms with van der Waals surface area (Å²) in [6, 6.07) is 0. The molecule has 1 amide bonds.